The zero-order valence-electron chi connectivity index (χ0n) is 16.1. The first kappa shape index (κ1) is 18.4. The number of carbonyl (C=O) groups is 1. The van der Waals surface area contributed by atoms with Gasteiger partial charge < -0.3 is 19.8 Å². The highest BCUT2D eigenvalue weighted by Gasteiger charge is 2.36. The molecule has 5 heteroatoms. The number of aliphatic hydroxyl groups excluding tert-OH is 1. The molecule has 0 radical (unpaired) electrons. The fourth-order valence-corrected chi connectivity index (χ4v) is 4.39. The first-order chi connectivity index (χ1) is 13.1. The van der Waals surface area contributed by atoms with Crippen molar-refractivity contribution in [2.45, 2.75) is 0 Å². The van der Waals surface area contributed by atoms with Crippen LogP contribution in [-0.2, 0) is 0 Å². The van der Waals surface area contributed by atoms with Gasteiger partial charge in [0, 0.05) is 63.9 Å². The Hall–Kier alpha value is -1.95. The highest BCUT2D eigenvalue weighted by Crippen LogP contribution is 2.27. The van der Waals surface area contributed by atoms with Crippen LogP contribution in [-0.4, -0.2) is 85.2 Å². The molecule has 0 unspecified atom stereocenters. The second-order valence-electron chi connectivity index (χ2n) is 8.08. The smallest absolute Gasteiger partial charge is 0.253 e. The van der Waals surface area contributed by atoms with E-state index in [9.17, 15) is 9.90 Å². The Morgan fingerprint density at radius 1 is 1.00 bits per heavy atom. The van der Waals surface area contributed by atoms with E-state index in [1.54, 1.807) is 0 Å². The molecule has 0 aliphatic carbocycles. The molecule has 0 spiro atoms. The van der Waals surface area contributed by atoms with Crippen molar-refractivity contribution < 1.29 is 9.90 Å². The molecule has 2 aromatic rings. The Morgan fingerprint density at radius 3 is 2.44 bits per heavy atom. The van der Waals surface area contributed by atoms with Gasteiger partial charge in [0.1, 0.15) is 0 Å². The number of aliphatic hydroxyl groups is 1. The second kappa shape index (κ2) is 7.97. The Bertz CT molecular complexity index is 801. The topological polar surface area (TPSA) is 47.0 Å². The van der Waals surface area contributed by atoms with Gasteiger partial charge in [-0.15, -0.1) is 0 Å². The van der Waals surface area contributed by atoms with E-state index in [0.717, 1.165) is 55.6 Å². The second-order valence-corrected chi connectivity index (χ2v) is 8.08. The van der Waals surface area contributed by atoms with Crippen LogP contribution in [0.2, 0.25) is 0 Å². The van der Waals surface area contributed by atoms with Crippen molar-refractivity contribution in [2.24, 2.45) is 11.8 Å². The van der Waals surface area contributed by atoms with Crippen molar-refractivity contribution in [3.05, 3.63) is 48.0 Å². The number of amides is 1. The van der Waals surface area contributed by atoms with Gasteiger partial charge in [0.2, 0.25) is 0 Å². The molecular formula is C22H29N3O2. The highest BCUT2D eigenvalue weighted by atomic mass is 16.3. The van der Waals surface area contributed by atoms with E-state index in [-0.39, 0.29) is 18.4 Å². The number of likely N-dealkylation sites (tertiary alicyclic amines) is 1. The van der Waals surface area contributed by atoms with Crippen LogP contribution in [0.1, 0.15) is 10.4 Å². The number of likely N-dealkylation sites (N-methyl/N-ethyl adjacent to an activating group) is 1. The monoisotopic (exact) mass is 367 g/mol. The van der Waals surface area contributed by atoms with Gasteiger partial charge in [-0.2, -0.15) is 0 Å². The molecule has 27 heavy (non-hydrogen) atoms. The summed E-state index contributed by atoms with van der Waals surface area (Å²) in [5.74, 6) is 0.608. The van der Waals surface area contributed by atoms with Gasteiger partial charge in [0.25, 0.3) is 5.91 Å². The number of hydrogen-bond acceptors (Lipinski definition) is 4. The normalized spacial score (nSPS) is 24.6. The van der Waals surface area contributed by atoms with Crippen molar-refractivity contribution in [3.63, 3.8) is 0 Å². The summed E-state index contributed by atoms with van der Waals surface area (Å²) in [5.41, 5.74) is 0.741. The summed E-state index contributed by atoms with van der Waals surface area (Å²) in [6.07, 6.45) is 0. The lowest BCUT2D eigenvalue weighted by molar-refractivity contribution is 0.0777. The van der Waals surface area contributed by atoms with Crippen LogP contribution < -0.4 is 0 Å². The first-order valence-corrected chi connectivity index (χ1v) is 9.94. The van der Waals surface area contributed by atoms with E-state index in [1.807, 2.05) is 41.3 Å². The van der Waals surface area contributed by atoms with E-state index in [1.165, 1.54) is 0 Å². The van der Waals surface area contributed by atoms with E-state index in [0.29, 0.717) is 12.5 Å². The number of nitrogens with zero attached hydrogens (tertiary/aromatic N) is 3. The third-order valence-corrected chi connectivity index (χ3v) is 6.18. The van der Waals surface area contributed by atoms with Crippen molar-refractivity contribution in [1.82, 2.24) is 14.7 Å². The Morgan fingerprint density at radius 2 is 1.70 bits per heavy atom. The molecule has 2 aliphatic heterocycles. The average Bonchev–Trinajstić information content (AvgIpc) is 3.11. The summed E-state index contributed by atoms with van der Waals surface area (Å²) in [4.78, 5) is 19.8. The van der Waals surface area contributed by atoms with Crippen LogP contribution in [0.3, 0.4) is 0 Å². The van der Waals surface area contributed by atoms with Gasteiger partial charge in [0.15, 0.2) is 0 Å². The minimum Gasteiger partial charge on any atom is -0.396 e. The molecule has 2 aliphatic rings. The van der Waals surface area contributed by atoms with Gasteiger partial charge in [-0.3, -0.25) is 4.79 Å². The van der Waals surface area contributed by atoms with E-state index < -0.39 is 0 Å². The molecule has 0 saturated carbocycles. The molecule has 4 rings (SSSR count). The fourth-order valence-electron chi connectivity index (χ4n) is 4.39. The lowest BCUT2D eigenvalue weighted by Crippen LogP contribution is -2.47. The summed E-state index contributed by atoms with van der Waals surface area (Å²) in [6.45, 7) is 6.85. The van der Waals surface area contributed by atoms with Crippen LogP contribution in [0.4, 0.5) is 0 Å². The molecular weight excluding hydrogens is 338 g/mol. The van der Waals surface area contributed by atoms with E-state index in [2.05, 4.69) is 22.9 Å². The van der Waals surface area contributed by atoms with Gasteiger partial charge in [-0.1, -0.05) is 30.3 Å². The molecule has 2 atom stereocenters. The maximum Gasteiger partial charge on any atom is 0.253 e. The van der Waals surface area contributed by atoms with E-state index in [4.69, 9.17) is 0 Å². The van der Waals surface area contributed by atoms with Crippen LogP contribution in [0.25, 0.3) is 10.8 Å². The third kappa shape index (κ3) is 4.00. The molecule has 1 amide bonds. The van der Waals surface area contributed by atoms with Gasteiger partial charge in [-0.25, -0.2) is 0 Å². The quantitative estimate of drug-likeness (QED) is 0.895. The maximum atomic E-state index is 13.1. The van der Waals surface area contributed by atoms with Gasteiger partial charge >= 0.3 is 0 Å². The number of rotatable bonds is 4. The molecule has 2 saturated heterocycles. The average molecular weight is 367 g/mol. The summed E-state index contributed by atoms with van der Waals surface area (Å²) in [6, 6.07) is 14.0. The van der Waals surface area contributed by atoms with E-state index >= 15 is 0 Å². The summed E-state index contributed by atoms with van der Waals surface area (Å²) < 4.78 is 0. The van der Waals surface area contributed by atoms with Crippen molar-refractivity contribution in [3.8, 4) is 0 Å². The molecule has 2 fully saturated rings. The number of fused-ring (bicyclic) bond motifs is 1. The number of piperazine rings is 1. The predicted octanol–water partition coefficient (Wildman–Crippen LogP) is 1.77. The summed E-state index contributed by atoms with van der Waals surface area (Å²) in [7, 11) is 2.16. The number of carbonyl (C=O) groups excluding carboxylic acids is 1. The third-order valence-electron chi connectivity index (χ3n) is 6.18. The number of hydrogen-bond donors (Lipinski definition) is 1. The molecule has 0 bridgehead atoms. The Balaban J connectivity index is 1.44. The fraction of sp³-hybridized carbons (Fsp3) is 0.500. The summed E-state index contributed by atoms with van der Waals surface area (Å²) in [5, 5.41) is 12.1. The minimum atomic E-state index is 0.0834. The molecule has 5 nitrogen and oxygen atoms in total. The van der Waals surface area contributed by atoms with Crippen molar-refractivity contribution in [1.29, 1.82) is 0 Å². The maximum absolute atomic E-state index is 13.1. The van der Waals surface area contributed by atoms with Crippen LogP contribution >= 0.6 is 0 Å². The molecule has 0 aromatic heterocycles. The molecule has 1 N–H and O–H groups in total. The SMILES string of the molecule is CN1CCN(C[C@@H]2CN(C(=O)c3ccc4ccccc4c3)C[C@@H]2CO)CC1. The Kier molecular flexibility index (Phi) is 5.43. The highest BCUT2D eigenvalue weighted by molar-refractivity contribution is 5.98. The van der Waals surface area contributed by atoms with Crippen LogP contribution in [0, 0.1) is 11.8 Å². The van der Waals surface area contributed by atoms with Crippen molar-refractivity contribution >= 4 is 16.7 Å². The Labute approximate surface area is 161 Å². The standard InChI is InChI=1S/C22H29N3O2/c1-23-8-10-24(11-9-23)13-20-14-25(15-21(20)16-26)22(27)19-7-6-17-4-2-3-5-18(17)12-19/h2-7,12,20-21,26H,8-11,13-16H2,1H3/t20-,21-/m1/s1. The lowest BCUT2D eigenvalue weighted by atomic mass is 9.96. The molecule has 2 aromatic carbocycles. The van der Waals surface area contributed by atoms with Gasteiger partial charge in [-0.05, 0) is 35.9 Å². The molecule has 144 valence electrons. The van der Waals surface area contributed by atoms with Crippen LogP contribution in [0.15, 0.2) is 42.5 Å². The molecule has 2 heterocycles. The first-order valence-electron chi connectivity index (χ1n) is 9.94. The lowest BCUT2D eigenvalue weighted by Gasteiger charge is -2.34. The largest absolute Gasteiger partial charge is 0.396 e. The van der Waals surface area contributed by atoms with Crippen molar-refractivity contribution in [2.75, 3.05) is 59.5 Å². The zero-order chi connectivity index (χ0) is 18.8. The van der Waals surface area contributed by atoms with Gasteiger partial charge in [0.05, 0.1) is 0 Å². The minimum absolute atomic E-state index is 0.0834. The predicted molar refractivity (Wildman–Crippen MR) is 108 cm³/mol. The zero-order valence-corrected chi connectivity index (χ0v) is 16.1. The summed E-state index contributed by atoms with van der Waals surface area (Å²) >= 11 is 0. The van der Waals surface area contributed by atoms with Crippen LogP contribution in [0.5, 0.6) is 0 Å². The number of benzene rings is 2.